The number of hydrogen-bond acceptors (Lipinski definition) is 3. The fourth-order valence-electron chi connectivity index (χ4n) is 2.44. The maximum Gasteiger partial charge on any atom is 0.490 e. The van der Waals surface area contributed by atoms with Gasteiger partial charge in [0.25, 0.3) is 0 Å². The zero-order valence-electron chi connectivity index (χ0n) is 12.1. The maximum atomic E-state index is 11.9. The lowest BCUT2D eigenvalue weighted by Crippen LogP contribution is -2.41. The second-order valence-corrected chi connectivity index (χ2v) is 6.37. The third-order valence-corrected chi connectivity index (χ3v) is 4.54. The predicted octanol–water partition coefficient (Wildman–Crippen LogP) is 3.08. The summed E-state index contributed by atoms with van der Waals surface area (Å²) in [4.78, 5) is 11.9. The Morgan fingerprint density at radius 1 is 1.00 bits per heavy atom. The Bertz CT molecular complexity index is 380. The summed E-state index contributed by atoms with van der Waals surface area (Å²) in [7, 11) is -0.350. The van der Waals surface area contributed by atoms with E-state index in [0.29, 0.717) is 6.42 Å². The second-order valence-electron chi connectivity index (χ2n) is 6.37. The molecule has 2 aliphatic rings. The molecule has 1 saturated heterocycles. The third kappa shape index (κ3) is 2.28. The predicted molar refractivity (Wildman–Crippen MR) is 72.3 cm³/mol. The molecule has 0 N–H and O–H groups in total. The largest absolute Gasteiger partial charge is 0.490 e. The first kappa shape index (κ1) is 13.8. The Morgan fingerprint density at radius 3 is 2.06 bits per heavy atom. The summed E-state index contributed by atoms with van der Waals surface area (Å²) in [6.07, 6.45) is 3.59. The van der Waals surface area contributed by atoms with Crippen LogP contribution in [0.1, 0.15) is 60.3 Å². The first-order valence-corrected chi connectivity index (χ1v) is 6.83. The molecule has 1 fully saturated rings. The highest BCUT2D eigenvalue weighted by Gasteiger charge is 2.52. The Kier molecular flexibility index (Phi) is 3.45. The van der Waals surface area contributed by atoms with Gasteiger partial charge in [-0.2, -0.15) is 0 Å². The molecule has 1 aliphatic heterocycles. The second kappa shape index (κ2) is 4.50. The molecule has 0 unspecified atom stereocenters. The lowest BCUT2D eigenvalue weighted by Gasteiger charge is -2.32. The third-order valence-electron chi connectivity index (χ3n) is 4.54. The van der Waals surface area contributed by atoms with Crippen LogP contribution in [0.3, 0.4) is 0 Å². The van der Waals surface area contributed by atoms with Crippen molar-refractivity contribution in [1.82, 2.24) is 0 Å². The van der Waals surface area contributed by atoms with E-state index in [1.165, 1.54) is 0 Å². The lowest BCUT2D eigenvalue weighted by molar-refractivity contribution is -0.115. The van der Waals surface area contributed by atoms with Crippen LogP contribution in [0.4, 0.5) is 0 Å². The summed E-state index contributed by atoms with van der Waals surface area (Å²) >= 11 is 0. The van der Waals surface area contributed by atoms with Gasteiger partial charge < -0.3 is 9.31 Å². The van der Waals surface area contributed by atoms with Crippen molar-refractivity contribution in [1.29, 1.82) is 0 Å². The molecule has 18 heavy (non-hydrogen) atoms. The molecule has 4 heteroatoms. The van der Waals surface area contributed by atoms with Crippen LogP contribution in [-0.2, 0) is 14.1 Å². The first-order valence-electron chi connectivity index (χ1n) is 6.83. The molecule has 0 aromatic heterocycles. The van der Waals surface area contributed by atoms with Crippen molar-refractivity contribution in [2.45, 2.75) is 71.5 Å². The molecular formula is C14H23BO3. The first-order chi connectivity index (χ1) is 8.24. The minimum atomic E-state index is -0.350. The molecule has 0 bridgehead atoms. The van der Waals surface area contributed by atoms with Gasteiger partial charge >= 0.3 is 7.12 Å². The van der Waals surface area contributed by atoms with E-state index in [9.17, 15) is 4.79 Å². The Labute approximate surface area is 110 Å². The van der Waals surface area contributed by atoms with Gasteiger partial charge in [0.2, 0.25) is 0 Å². The van der Waals surface area contributed by atoms with Crippen molar-refractivity contribution in [3.63, 3.8) is 0 Å². The number of allylic oxidation sites excluding steroid dienone is 2. The van der Waals surface area contributed by atoms with Crippen molar-refractivity contribution in [2.75, 3.05) is 0 Å². The van der Waals surface area contributed by atoms with E-state index in [2.05, 4.69) is 0 Å². The van der Waals surface area contributed by atoms with Gasteiger partial charge in [-0.25, -0.2) is 0 Å². The molecule has 3 nitrogen and oxygen atoms in total. The summed E-state index contributed by atoms with van der Waals surface area (Å²) in [6.45, 7) is 10.1. The van der Waals surface area contributed by atoms with Crippen LogP contribution in [0, 0.1) is 0 Å². The van der Waals surface area contributed by atoms with Gasteiger partial charge in [-0.1, -0.05) is 0 Å². The molecule has 0 amide bonds. The Balaban J connectivity index is 2.28. The number of carbonyl (C=O) groups excluding carboxylic acids is 1. The average molecular weight is 250 g/mol. The fourth-order valence-corrected chi connectivity index (χ4v) is 2.44. The molecule has 2 rings (SSSR count). The Morgan fingerprint density at radius 2 is 1.50 bits per heavy atom. The van der Waals surface area contributed by atoms with E-state index in [-0.39, 0.29) is 24.1 Å². The van der Waals surface area contributed by atoms with Gasteiger partial charge in [0.15, 0.2) is 5.78 Å². The topological polar surface area (TPSA) is 35.5 Å². The monoisotopic (exact) mass is 250 g/mol. The molecule has 0 atom stereocenters. The van der Waals surface area contributed by atoms with Crippen LogP contribution in [0.25, 0.3) is 0 Å². The van der Waals surface area contributed by atoms with Crippen LogP contribution in [0.2, 0.25) is 0 Å². The van der Waals surface area contributed by atoms with Crippen molar-refractivity contribution < 1.29 is 14.1 Å². The van der Waals surface area contributed by atoms with Crippen molar-refractivity contribution in [3.05, 3.63) is 11.0 Å². The standard InChI is InChI=1S/C14H23BO3/c1-10-11(8-6-7-9-12(10)16)15-17-13(2,3)14(4,5)18-15/h6-9H2,1-5H3. The van der Waals surface area contributed by atoms with E-state index in [1.54, 1.807) is 0 Å². The number of Topliss-reactive ketones (excluding diaryl/α,β-unsaturated/α-hetero) is 1. The zero-order valence-corrected chi connectivity index (χ0v) is 12.1. The SMILES string of the molecule is CC1=C(B2OC(C)(C)C(C)(C)O2)CCCCC1=O. The van der Waals surface area contributed by atoms with Crippen LogP contribution < -0.4 is 0 Å². The van der Waals surface area contributed by atoms with Gasteiger partial charge in [-0.3, -0.25) is 4.79 Å². The molecule has 1 heterocycles. The number of ketones is 1. The Hall–Kier alpha value is -0.605. The maximum absolute atomic E-state index is 11.9. The minimum absolute atomic E-state index is 0.247. The summed E-state index contributed by atoms with van der Waals surface area (Å²) < 4.78 is 12.1. The highest BCUT2D eigenvalue weighted by molar-refractivity contribution is 6.55. The normalized spacial score (nSPS) is 27.6. The van der Waals surface area contributed by atoms with Crippen LogP contribution >= 0.6 is 0 Å². The molecule has 0 spiro atoms. The van der Waals surface area contributed by atoms with Crippen molar-refractivity contribution in [3.8, 4) is 0 Å². The van der Waals surface area contributed by atoms with E-state index < -0.39 is 0 Å². The summed E-state index contributed by atoms with van der Waals surface area (Å²) in [5.74, 6) is 0.247. The molecule has 0 aromatic carbocycles. The van der Waals surface area contributed by atoms with E-state index in [0.717, 1.165) is 30.3 Å². The van der Waals surface area contributed by atoms with Crippen molar-refractivity contribution in [2.24, 2.45) is 0 Å². The summed E-state index contributed by atoms with van der Waals surface area (Å²) in [6, 6.07) is 0. The molecule has 0 aromatic rings. The number of rotatable bonds is 1. The lowest BCUT2D eigenvalue weighted by atomic mass is 9.73. The average Bonchev–Trinajstić information content (AvgIpc) is 2.37. The molecular weight excluding hydrogens is 227 g/mol. The van der Waals surface area contributed by atoms with Crippen LogP contribution in [-0.4, -0.2) is 24.1 Å². The van der Waals surface area contributed by atoms with Crippen molar-refractivity contribution >= 4 is 12.9 Å². The van der Waals surface area contributed by atoms with E-state index >= 15 is 0 Å². The highest BCUT2D eigenvalue weighted by Crippen LogP contribution is 2.40. The van der Waals surface area contributed by atoms with Crippen LogP contribution in [0.15, 0.2) is 11.0 Å². The van der Waals surface area contributed by atoms with Gasteiger partial charge in [0, 0.05) is 6.42 Å². The molecule has 0 radical (unpaired) electrons. The van der Waals surface area contributed by atoms with E-state index in [4.69, 9.17) is 9.31 Å². The molecule has 1 aliphatic carbocycles. The number of hydrogen-bond donors (Lipinski definition) is 0. The summed E-state index contributed by atoms with van der Waals surface area (Å²) in [5, 5.41) is 0. The van der Waals surface area contributed by atoms with E-state index in [1.807, 2.05) is 34.6 Å². The number of carbonyl (C=O) groups is 1. The molecule has 100 valence electrons. The molecule has 0 saturated carbocycles. The summed E-state index contributed by atoms with van der Waals surface area (Å²) in [5.41, 5.74) is 1.24. The van der Waals surface area contributed by atoms with Gasteiger partial charge in [0.05, 0.1) is 11.2 Å². The quantitative estimate of drug-likeness (QED) is 0.671. The highest BCUT2D eigenvalue weighted by atomic mass is 16.7. The van der Waals surface area contributed by atoms with Gasteiger partial charge in [0.1, 0.15) is 0 Å². The zero-order chi connectivity index (χ0) is 13.6. The van der Waals surface area contributed by atoms with Gasteiger partial charge in [-0.05, 0) is 64.9 Å². The van der Waals surface area contributed by atoms with Gasteiger partial charge in [-0.15, -0.1) is 0 Å². The van der Waals surface area contributed by atoms with Crippen LogP contribution in [0.5, 0.6) is 0 Å². The smallest absolute Gasteiger partial charge is 0.400 e. The minimum Gasteiger partial charge on any atom is -0.400 e. The fraction of sp³-hybridized carbons (Fsp3) is 0.786.